The van der Waals surface area contributed by atoms with Crippen LogP contribution in [0.2, 0.25) is 0 Å². The molecule has 1 aromatic rings. The van der Waals surface area contributed by atoms with E-state index in [0.29, 0.717) is 5.56 Å². The van der Waals surface area contributed by atoms with Crippen LogP contribution in [0.5, 0.6) is 0 Å². The third-order valence-electron chi connectivity index (χ3n) is 4.92. The number of carbonyl (C=O) groups is 2. The predicted molar refractivity (Wildman–Crippen MR) is 93.4 cm³/mol. The molecule has 26 heavy (non-hydrogen) atoms. The second-order valence-corrected chi connectivity index (χ2v) is 6.77. The number of amides is 1. The van der Waals surface area contributed by atoms with E-state index in [2.05, 4.69) is 10.1 Å². The molecule has 0 spiro atoms. The Morgan fingerprint density at radius 2 is 1.88 bits per heavy atom. The van der Waals surface area contributed by atoms with E-state index in [1.54, 1.807) is 0 Å². The fraction of sp³-hybridized carbons (Fsp3) is 0.579. The van der Waals surface area contributed by atoms with Gasteiger partial charge in [-0.05, 0) is 44.4 Å². The van der Waals surface area contributed by atoms with Crippen molar-refractivity contribution in [1.82, 2.24) is 10.2 Å². The van der Waals surface area contributed by atoms with E-state index in [0.717, 1.165) is 31.4 Å². The van der Waals surface area contributed by atoms with E-state index in [1.165, 1.54) is 13.2 Å². The van der Waals surface area contributed by atoms with Gasteiger partial charge in [-0.1, -0.05) is 12.5 Å². The average Bonchev–Trinajstić information content (AvgIpc) is 2.60. The summed E-state index contributed by atoms with van der Waals surface area (Å²) in [4.78, 5) is 26.2. The topological polar surface area (TPSA) is 58.6 Å². The third kappa shape index (κ3) is 4.78. The number of nitrogens with one attached hydrogen (secondary N) is 1. The minimum absolute atomic E-state index is 0.0534. The number of ether oxygens (including phenoxy) is 1. The molecule has 0 bridgehead atoms. The zero-order valence-electron chi connectivity index (χ0n) is 15.4. The lowest BCUT2D eigenvalue weighted by Crippen LogP contribution is -2.51. The summed E-state index contributed by atoms with van der Waals surface area (Å²) in [7, 11) is 1.28. The minimum atomic E-state index is -0.979. The average molecular weight is 368 g/mol. The van der Waals surface area contributed by atoms with E-state index < -0.39 is 23.6 Å². The number of halogens is 2. The Bertz CT molecular complexity index is 644. The molecule has 1 fully saturated rings. The molecule has 1 aliphatic rings. The summed E-state index contributed by atoms with van der Waals surface area (Å²) in [6.45, 7) is 4.19. The summed E-state index contributed by atoms with van der Waals surface area (Å²) >= 11 is 0. The van der Waals surface area contributed by atoms with Gasteiger partial charge in [0.05, 0.1) is 13.5 Å². The van der Waals surface area contributed by atoms with Crippen molar-refractivity contribution in [3.63, 3.8) is 0 Å². The fourth-order valence-electron chi connectivity index (χ4n) is 3.58. The van der Waals surface area contributed by atoms with Gasteiger partial charge in [-0.25, -0.2) is 8.78 Å². The zero-order valence-corrected chi connectivity index (χ0v) is 15.4. The van der Waals surface area contributed by atoms with Gasteiger partial charge < -0.3 is 10.1 Å². The van der Waals surface area contributed by atoms with Gasteiger partial charge in [-0.3, -0.25) is 14.5 Å². The fourth-order valence-corrected chi connectivity index (χ4v) is 3.58. The number of hydrogen-bond acceptors (Lipinski definition) is 4. The summed E-state index contributed by atoms with van der Waals surface area (Å²) in [5.41, 5.74) is 0.403. The Labute approximate surface area is 152 Å². The van der Waals surface area contributed by atoms with Crippen molar-refractivity contribution in [2.24, 2.45) is 0 Å². The van der Waals surface area contributed by atoms with Gasteiger partial charge in [0.2, 0.25) is 5.91 Å². The van der Waals surface area contributed by atoms with Crippen LogP contribution in [0.4, 0.5) is 8.78 Å². The van der Waals surface area contributed by atoms with E-state index in [9.17, 15) is 18.4 Å². The Kier molecular flexibility index (Phi) is 7.08. The number of nitrogens with zero attached hydrogens (tertiary/aromatic N) is 1. The van der Waals surface area contributed by atoms with Crippen LogP contribution < -0.4 is 5.32 Å². The Morgan fingerprint density at radius 3 is 2.46 bits per heavy atom. The summed E-state index contributed by atoms with van der Waals surface area (Å²) in [5.74, 6) is -2.68. The molecule has 3 atom stereocenters. The molecule has 144 valence electrons. The van der Waals surface area contributed by atoms with Crippen LogP contribution in [-0.2, 0) is 14.3 Å². The molecule has 0 aliphatic carbocycles. The molecule has 1 saturated heterocycles. The molecule has 1 aliphatic heterocycles. The smallest absolute Gasteiger partial charge is 0.307 e. The van der Waals surface area contributed by atoms with Crippen molar-refractivity contribution in [2.75, 3.05) is 13.7 Å². The number of esters is 1. The first-order valence-corrected chi connectivity index (χ1v) is 8.92. The summed E-state index contributed by atoms with van der Waals surface area (Å²) < 4.78 is 31.7. The minimum Gasteiger partial charge on any atom is -0.469 e. The number of methoxy groups -OCH3 is 1. The first-order valence-electron chi connectivity index (χ1n) is 8.92. The lowest BCUT2D eigenvalue weighted by Gasteiger charge is -2.43. The highest BCUT2D eigenvalue weighted by Gasteiger charge is 2.36. The number of carbonyl (C=O) groups excluding carboxylic acids is 2. The van der Waals surface area contributed by atoms with Crippen molar-refractivity contribution in [3.05, 3.63) is 35.4 Å². The van der Waals surface area contributed by atoms with Gasteiger partial charge in [0.25, 0.3) is 0 Å². The van der Waals surface area contributed by atoms with Gasteiger partial charge in [0, 0.05) is 18.6 Å². The summed E-state index contributed by atoms with van der Waals surface area (Å²) in [6, 6.07) is 3.07. The maximum atomic E-state index is 13.8. The number of benzene rings is 1. The Morgan fingerprint density at radius 1 is 1.23 bits per heavy atom. The first-order chi connectivity index (χ1) is 12.3. The number of hydrogen-bond donors (Lipinski definition) is 1. The van der Waals surface area contributed by atoms with E-state index in [-0.39, 0.29) is 31.0 Å². The molecule has 7 heteroatoms. The Balaban J connectivity index is 2.27. The maximum absolute atomic E-state index is 13.8. The molecule has 1 aromatic carbocycles. The SMILES string of the molecule is COC(=O)CCNC(=O)[C@H](c1ccc(F)c(F)c1)N1[C@H](C)CCC[C@@H]1C. The quantitative estimate of drug-likeness (QED) is 0.785. The van der Waals surface area contributed by atoms with E-state index >= 15 is 0 Å². The second-order valence-electron chi connectivity index (χ2n) is 6.77. The molecule has 1 amide bonds. The highest BCUT2D eigenvalue weighted by molar-refractivity contribution is 5.83. The monoisotopic (exact) mass is 368 g/mol. The second kappa shape index (κ2) is 9.07. The molecular weight excluding hydrogens is 342 g/mol. The van der Waals surface area contributed by atoms with Crippen LogP contribution in [-0.4, -0.2) is 42.5 Å². The van der Waals surface area contributed by atoms with Crippen LogP contribution in [0, 0.1) is 11.6 Å². The van der Waals surface area contributed by atoms with Crippen LogP contribution in [0.1, 0.15) is 51.1 Å². The van der Waals surface area contributed by atoms with Crippen molar-refractivity contribution < 1.29 is 23.1 Å². The normalized spacial score (nSPS) is 21.9. The molecule has 5 nitrogen and oxygen atoms in total. The van der Waals surface area contributed by atoms with Gasteiger partial charge in [0.1, 0.15) is 6.04 Å². The summed E-state index contributed by atoms with van der Waals surface area (Å²) in [6.07, 6.45) is 2.98. The zero-order chi connectivity index (χ0) is 19.3. The van der Waals surface area contributed by atoms with Gasteiger partial charge in [0.15, 0.2) is 11.6 Å². The molecule has 2 rings (SSSR count). The molecule has 0 aromatic heterocycles. The van der Waals surface area contributed by atoms with Crippen molar-refractivity contribution in [3.8, 4) is 0 Å². The first kappa shape index (κ1) is 20.3. The van der Waals surface area contributed by atoms with Crippen molar-refractivity contribution in [1.29, 1.82) is 0 Å². The highest BCUT2D eigenvalue weighted by Crippen LogP contribution is 2.33. The van der Waals surface area contributed by atoms with Gasteiger partial charge in [-0.2, -0.15) is 0 Å². The molecule has 0 radical (unpaired) electrons. The highest BCUT2D eigenvalue weighted by atomic mass is 19.2. The third-order valence-corrected chi connectivity index (χ3v) is 4.92. The molecule has 1 N–H and O–H groups in total. The standard InChI is InChI=1S/C19H26F2N2O3/c1-12-5-4-6-13(2)23(12)18(14-7-8-15(20)16(21)11-14)19(25)22-10-9-17(24)26-3/h7-8,11-13,18H,4-6,9-10H2,1-3H3,(H,22,25)/t12-,13+,18-/m0/s1. The number of piperidine rings is 1. The van der Waals surface area contributed by atoms with Crippen LogP contribution >= 0.6 is 0 Å². The summed E-state index contributed by atoms with van der Waals surface area (Å²) in [5, 5.41) is 2.72. The lowest BCUT2D eigenvalue weighted by molar-refractivity contribution is -0.140. The molecule has 1 heterocycles. The van der Waals surface area contributed by atoms with Crippen LogP contribution in [0.3, 0.4) is 0 Å². The van der Waals surface area contributed by atoms with Gasteiger partial charge in [-0.15, -0.1) is 0 Å². The predicted octanol–water partition coefficient (Wildman–Crippen LogP) is 2.95. The van der Waals surface area contributed by atoms with Crippen molar-refractivity contribution in [2.45, 2.75) is 57.7 Å². The van der Waals surface area contributed by atoms with E-state index in [1.807, 2.05) is 18.7 Å². The van der Waals surface area contributed by atoms with Crippen LogP contribution in [0.25, 0.3) is 0 Å². The molecule has 0 saturated carbocycles. The lowest BCUT2D eigenvalue weighted by atomic mass is 9.92. The number of rotatable bonds is 6. The van der Waals surface area contributed by atoms with Gasteiger partial charge >= 0.3 is 5.97 Å². The maximum Gasteiger partial charge on any atom is 0.307 e. The molecule has 0 unspecified atom stereocenters. The van der Waals surface area contributed by atoms with Crippen molar-refractivity contribution >= 4 is 11.9 Å². The Hall–Kier alpha value is -2.02. The molecular formula is C19H26F2N2O3. The largest absolute Gasteiger partial charge is 0.469 e. The number of likely N-dealkylation sites (tertiary alicyclic amines) is 1. The van der Waals surface area contributed by atoms with Crippen LogP contribution in [0.15, 0.2) is 18.2 Å². The van der Waals surface area contributed by atoms with E-state index in [4.69, 9.17) is 0 Å².